The molecule has 0 N–H and O–H groups in total. The van der Waals surface area contributed by atoms with Crippen molar-refractivity contribution in [1.82, 2.24) is 0 Å². The highest BCUT2D eigenvalue weighted by molar-refractivity contribution is 7.10. The van der Waals surface area contributed by atoms with Gasteiger partial charge in [-0.1, -0.05) is 11.2 Å². The number of nitrogens with zero attached hydrogens (tertiary/aromatic N) is 3. The van der Waals surface area contributed by atoms with Crippen LogP contribution in [0.4, 0.5) is 0 Å². The Bertz CT molecular complexity index is 481. The lowest BCUT2D eigenvalue weighted by Crippen LogP contribution is -2.40. The smallest absolute Gasteiger partial charge is 0.334 e. The molecule has 0 unspecified atom stereocenters. The maximum atomic E-state index is 12.1. The van der Waals surface area contributed by atoms with Crippen LogP contribution in [-0.4, -0.2) is 27.0 Å². The molecule has 1 aromatic rings. The molecule has 0 radical (unpaired) electrons. The van der Waals surface area contributed by atoms with Gasteiger partial charge < -0.3 is 9.16 Å². The summed E-state index contributed by atoms with van der Waals surface area (Å²) in [6.07, 6.45) is -0.892. The van der Waals surface area contributed by atoms with Gasteiger partial charge in [0.1, 0.15) is 6.04 Å². The molecule has 2 atom stereocenters. The lowest BCUT2D eigenvalue weighted by molar-refractivity contribution is -0.153. The molecule has 0 aliphatic rings. The van der Waals surface area contributed by atoms with Crippen LogP contribution in [0, 0.1) is 0 Å². The van der Waals surface area contributed by atoms with E-state index in [4.69, 9.17) is 14.7 Å². The molecule has 8 heteroatoms. The predicted octanol–water partition coefficient (Wildman–Crippen LogP) is 3.88. The van der Waals surface area contributed by atoms with E-state index in [0.717, 1.165) is 4.88 Å². The zero-order chi connectivity index (χ0) is 15.2. The Balaban J connectivity index is 3.10. The Labute approximate surface area is 123 Å². The van der Waals surface area contributed by atoms with Gasteiger partial charge in [-0.3, -0.25) is 0 Å². The molecule has 1 aromatic heterocycles. The van der Waals surface area contributed by atoms with E-state index in [1.54, 1.807) is 6.92 Å². The van der Waals surface area contributed by atoms with Gasteiger partial charge in [-0.05, 0) is 43.5 Å². The first-order chi connectivity index (χ1) is 9.39. The van der Waals surface area contributed by atoms with Crippen LogP contribution < -0.4 is 0 Å². The fraction of sp³-hybridized carbons (Fsp3) is 0.583. The van der Waals surface area contributed by atoms with Crippen molar-refractivity contribution in [1.29, 1.82) is 0 Å². The summed E-state index contributed by atoms with van der Waals surface area (Å²) in [5.74, 6) is -0.485. The summed E-state index contributed by atoms with van der Waals surface area (Å²) in [5.41, 5.74) is 8.76. The van der Waals surface area contributed by atoms with Crippen LogP contribution in [0.5, 0.6) is 0 Å². The van der Waals surface area contributed by atoms with Crippen LogP contribution in [0.1, 0.15) is 17.8 Å². The van der Waals surface area contributed by atoms with Gasteiger partial charge in [0.2, 0.25) is 0 Å². The normalized spacial score (nSPS) is 14.2. The first kappa shape index (κ1) is 16.7. The van der Waals surface area contributed by atoms with Crippen molar-refractivity contribution in [3.63, 3.8) is 0 Å². The second-order valence-corrected chi connectivity index (χ2v) is 10.5. The van der Waals surface area contributed by atoms with Crippen molar-refractivity contribution in [3.8, 4) is 0 Å². The molecule has 0 saturated heterocycles. The summed E-state index contributed by atoms with van der Waals surface area (Å²) in [7, 11) is -2.00. The maximum absolute atomic E-state index is 12.1. The van der Waals surface area contributed by atoms with Crippen molar-refractivity contribution < 1.29 is 14.0 Å². The highest BCUT2D eigenvalue weighted by Gasteiger charge is 2.35. The molecule has 0 saturated carbocycles. The van der Waals surface area contributed by atoms with E-state index >= 15 is 0 Å². The lowest BCUT2D eigenvalue weighted by Gasteiger charge is -2.28. The summed E-state index contributed by atoms with van der Waals surface area (Å²) in [6.45, 7) is 7.91. The number of esters is 1. The second kappa shape index (κ2) is 7.44. The van der Waals surface area contributed by atoms with Gasteiger partial charge in [0.15, 0.2) is 14.4 Å². The van der Waals surface area contributed by atoms with Gasteiger partial charge in [0.05, 0.1) is 6.61 Å². The third-order valence-corrected chi connectivity index (χ3v) is 4.20. The van der Waals surface area contributed by atoms with Crippen LogP contribution in [-0.2, 0) is 14.0 Å². The quantitative estimate of drug-likeness (QED) is 0.252. The summed E-state index contributed by atoms with van der Waals surface area (Å²) in [5, 5.41) is 5.61. The molecule has 0 aromatic carbocycles. The maximum Gasteiger partial charge on any atom is 0.334 e. The van der Waals surface area contributed by atoms with E-state index < -0.39 is 26.4 Å². The Morgan fingerprint density at radius 1 is 1.55 bits per heavy atom. The van der Waals surface area contributed by atoms with E-state index in [1.807, 2.05) is 37.2 Å². The molecule has 0 spiro atoms. The topological polar surface area (TPSA) is 84.3 Å². The van der Waals surface area contributed by atoms with Crippen LogP contribution in [0.2, 0.25) is 19.6 Å². The fourth-order valence-electron chi connectivity index (χ4n) is 1.63. The van der Waals surface area contributed by atoms with Crippen molar-refractivity contribution in [2.24, 2.45) is 5.11 Å². The minimum atomic E-state index is -2.00. The largest absolute Gasteiger partial charge is 0.464 e. The average molecular weight is 313 g/mol. The number of carbonyl (C=O) groups is 1. The monoisotopic (exact) mass is 313 g/mol. The Hall–Kier alpha value is -1.34. The van der Waals surface area contributed by atoms with E-state index in [1.165, 1.54) is 11.3 Å². The van der Waals surface area contributed by atoms with Crippen molar-refractivity contribution in [3.05, 3.63) is 32.8 Å². The van der Waals surface area contributed by atoms with Gasteiger partial charge >= 0.3 is 5.97 Å². The molecule has 0 aliphatic heterocycles. The standard InChI is InChI=1S/C12H19N3O3SSi/c1-5-17-12(16)11(18-20(2,3)4)10(14-15-13)9-7-6-8-19-9/h6-8,10-11H,5H2,1-4H3/t10-,11+/m1/s1. The van der Waals surface area contributed by atoms with Crippen molar-refractivity contribution >= 4 is 25.6 Å². The summed E-state index contributed by atoms with van der Waals surface area (Å²) < 4.78 is 11.0. The molecule has 6 nitrogen and oxygen atoms in total. The van der Waals surface area contributed by atoms with Gasteiger partial charge in [-0.15, -0.1) is 11.3 Å². The highest BCUT2D eigenvalue weighted by atomic mass is 32.1. The van der Waals surface area contributed by atoms with Crippen molar-refractivity contribution in [2.75, 3.05) is 6.61 Å². The predicted molar refractivity (Wildman–Crippen MR) is 81.1 cm³/mol. The van der Waals surface area contributed by atoms with E-state index in [2.05, 4.69) is 10.0 Å². The van der Waals surface area contributed by atoms with Crippen LogP contribution in [0.3, 0.4) is 0 Å². The lowest BCUT2D eigenvalue weighted by atomic mass is 10.1. The molecule has 0 fully saturated rings. The van der Waals surface area contributed by atoms with Crippen LogP contribution >= 0.6 is 11.3 Å². The van der Waals surface area contributed by atoms with Crippen molar-refractivity contribution in [2.45, 2.75) is 38.7 Å². The molecule has 0 aliphatic carbocycles. The van der Waals surface area contributed by atoms with Gasteiger partial charge in [-0.2, -0.15) is 0 Å². The molecule has 0 amide bonds. The number of carbonyl (C=O) groups excluding carboxylic acids is 1. The van der Waals surface area contributed by atoms with Gasteiger partial charge in [-0.25, -0.2) is 4.79 Å². The Morgan fingerprint density at radius 2 is 2.25 bits per heavy atom. The first-order valence-corrected chi connectivity index (χ1v) is 10.6. The zero-order valence-corrected chi connectivity index (χ0v) is 13.9. The molecule has 1 heterocycles. The number of thiophene rings is 1. The molecular formula is C12H19N3O3SSi. The minimum absolute atomic E-state index is 0.262. The van der Waals surface area contributed by atoms with E-state index in [0.29, 0.717) is 0 Å². The number of azide groups is 1. The van der Waals surface area contributed by atoms with Crippen LogP contribution in [0.25, 0.3) is 10.4 Å². The molecule has 20 heavy (non-hydrogen) atoms. The number of hydrogen-bond acceptors (Lipinski definition) is 5. The minimum Gasteiger partial charge on any atom is -0.464 e. The summed E-state index contributed by atoms with van der Waals surface area (Å²) in [4.78, 5) is 15.8. The molecular weight excluding hydrogens is 294 g/mol. The molecule has 1 rings (SSSR count). The zero-order valence-electron chi connectivity index (χ0n) is 12.1. The van der Waals surface area contributed by atoms with E-state index in [-0.39, 0.29) is 6.61 Å². The van der Waals surface area contributed by atoms with Crippen LogP contribution in [0.15, 0.2) is 22.6 Å². The van der Waals surface area contributed by atoms with Gasteiger partial charge in [0, 0.05) is 9.79 Å². The molecule has 0 bridgehead atoms. The third-order valence-electron chi connectivity index (χ3n) is 2.30. The molecule has 110 valence electrons. The summed E-state index contributed by atoms with van der Waals surface area (Å²) >= 11 is 1.42. The average Bonchev–Trinajstić information content (AvgIpc) is 2.86. The Morgan fingerprint density at radius 3 is 2.70 bits per heavy atom. The first-order valence-electron chi connectivity index (χ1n) is 6.31. The number of rotatable bonds is 7. The highest BCUT2D eigenvalue weighted by Crippen LogP contribution is 2.30. The van der Waals surface area contributed by atoms with E-state index in [9.17, 15) is 4.79 Å². The number of hydrogen-bond donors (Lipinski definition) is 0. The number of ether oxygens (including phenoxy) is 1. The second-order valence-electron chi connectivity index (χ2n) is 5.07. The van der Waals surface area contributed by atoms with Gasteiger partial charge in [0.25, 0.3) is 0 Å². The summed E-state index contributed by atoms with van der Waals surface area (Å²) in [6, 6.07) is 2.98. The fourth-order valence-corrected chi connectivity index (χ4v) is 3.40. The Kier molecular flexibility index (Phi) is 6.22. The SMILES string of the molecule is CCOC(=O)[C@@H](O[Si](C)(C)C)[C@H](N=[N+]=[N-])c1cccs1. The third kappa shape index (κ3) is 4.97.